The van der Waals surface area contributed by atoms with E-state index in [1.165, 1.54) is 70.2 Å². The third-order valence-corrected chi connectivity index (χ3v) is 6.75. The molecule has 0 N–H and O–H groups in total. The molecule has 0 aromatic carbocycles. The molecule has 2 aliphatic rings. The van der Waals surface area contributed by atoms with Crippen molar-refractivity contribution in [3.8, 4) is 0 Å². The van der Waals surface area contributed by atoms with E-state index < -0.39 is 7.55 Å². The number of hydrogen-bond donors (Lipinski definition) is 0. The lowest BCUT2D eigenvalue weighted by molar-refractivity contribution is 0.905. The molecule has 1 nitrogen and oxygen atoms in total. The highest BCUT2D eigenvalue weighted by atomic mass is 31.1. The fraction of sp³-hybridized carbons (Fsp3) is 0.619. The monoisotopic (exact) mass is 343 g/mol. The summed E-state index contributed by atoms with van der Waals surface area (Å²) in [5.41, 5.74) is 4.26. The quantitative estimate of drug-likeness (QED) is 0.186. The Morgan fingerprint density at radius 3 is 2.71 bits per heavy atom. The van der Waals surface area contributed by atoms with E-state index in [2.05, 4.69) is 50.7 Å². The zero-order chi connectivity index (χ0) is 17.2. The lowest BCUT2D eigenvalue weighted by Crippen LogP contribution is -1.97. The molecular formula is C21H35BNP. The highest BCUT2D eigenvalue weighted by Crippen LogP contribution is 2.33. The average Bonchev–Trinajstić information content (AvgIpc) is 3.38. The minimum atomic E-state index is -0.579. The fourth-order valence-corrected chi connectivity index (χ4v) is 5.15. The molecule has 1 saturated carbocycles. The molecule has 1 atom stereocenters. The minimum Gasteiger partial charge on any atom is -0.257 e. The second-order valence-corrected chi connectivity index (χ2v) is 9.59. The Bertz CT molecular complexity index is 550. The summed E-state index contributed by atoms with van der Waals surface area (Å²) in [6.45, 7) is 6.74. The van der Waals surface area contributed by atoms with Crippen molar-refractivity contribution in [2.24, 2.45) is 10.9 Å². The van der Waals surface area contributed by atoms with Crippen molar-refractivity contribution in [2.75, 3.05) is 6.16 Å². The molecule has 1 aliphatic carbocycles. The summed E-state index contributed by atoms with van der Waals surface area (Å²) in [5, 5.41) is 0. The van der Waals surface area contributed by atoms with Gasteiger partial charge in [-0.15, -0.1) is 0 Å². The maximum absolute atomic E-state index is 4.72. The second-order valence-electron chi connectivity index (χ2n) is 7.50. The first-order valence-electron chi connectivity index (χ1n) is 10.0. The number of aliphatic imine (C=N–C) groups is 1. The van der Waals surface area contributed by atoms with Gasteiger partial charge in [0.15, 0.2) is 0 Å². The van der Waals surface area contributed by atoms with Gasteiger partial charge in [0.2, 0.25) is 0 Å². The topological polar surface area (TPSA) is 12.4 Å². The zero-order valence-electron chi connectivity index (χ0n) is 16.0. The van der Waals surface area contributed by atoms with Crippen LogP contribution in [0.15, 0.2) is 40.2 Å². The number of rotatable bonds is 11. The minimum absolute atomic E-state index is 0.579. The third kappa shape index (κ3) is 7.89. The van der Waals surface area contributed by atoms with Gasteiger partial charge in [-0.3, -0.25) is 4.99 Å². The van der Waals surface area contributed by atoms with E-state index in [0.29, 0.717) is 0 Å². The van der Waals surface area contributed by atoms with Crippen LogP contribution in [-0.4, -0.2) is 25.1 Å². The molecule has 3 heteroatoms. The van der Waals surface area contributed by atoms with Crippen LogP contribution in [0, 0.1) is 5.92 Å². The lowest BCUT2D eigenvalue weighted by Gasteiger charge is -2.11. The lowest BCUT2D eigenvalue weighted by atomic mass is 9.69. The predicted octanol–water partition coefficient (Wildman–Crippen LogP) is 6.08. The summed E-state index contributed by atoms with van der Waals surface area (Å²) in [6, 6.07) is 0. The molecule has 0 aromatic rings. The summed E-state index contributed by atoms with van der Waals surface area (Å²) in [7, 11) is 0.813. The molecule has 1 aliphatic heterocycles. The van der Waals surface area contributed by atoms with Gasteiger partial charge in [0.25, 0.3) is 0 Å². The fourth-order valence-electron chi connectivity index (χ4n) is 3.31. The molecule has 24 heavy (non-hydrogen) atoms. The Morgan fingerprint density at radius 1 is 1.29 bits per heavy atom. The van der Waals surface area contributed by atoms with E-state index >= 15 is 0 Å². The number of nitrogens with zero attached hydrogens (tertiary/aromatic N) is 1. The van der Waals surface area contributed by atoms with Crippen LogP contribution in [0.25, 0.3) is 0 Å². The smallest absolute Gasteiger partial charge is 0.125 e. The molecule has 0 radical (unpaired) electrons. The van der Waals surface area contributed by atoms with E-state index in [9.17, 15) is 0 Å². The molecule has 0 spiro atoms. The highest BCUT2D eigenvalue weighted by molar-refractivity contribution is 7.60. The number of allylic oxidation sites excluding steroid dienone is 5. The van der Waals surface area contributed by atoms with Crippen LogP contribution in [0.3, 0.4) is 0 Å². The first-order valence-corrected chi connectivity index (χ1v) is 11.9. The highest BCUT2D eigenvalue weighted by Gasteiger charge is 2.20. The molecule has 1 unspecified atom stereocenters. The van der Waals surface area contributed by atoms with Crippen molar-refractivity contribution in [1.82, 2.24) is 0 Å². The van der Waals surface area contributed by atoms with Crippen LogP contribution in [0.2, 0.25) is 12.6 Å². The predicted molar refractivity (Wildman–Crippen MR) is 117 cm³/mol. The molecule has 1 fully saturated rings. The molecule has 1 heterocycles. The molecule has 0 bridgehead atoms. The Kier molecular flexibility index (Phi) is 8.96. The normalized spacial score (nSPS) is 21.5. The second kappa shape index (κ2) is 11.0. The van der Waals surface area contributed by atoms with Crippen molar-refractivity contribution in [1.29, 1.82) is 0 Å². The SMILES string of the molecule is CCC/C(C)=C/C1=NC=[PH](C/C(=C/CBCC2CC2)CCC)C=C1. The van der Waals surface area contributed by atoms with Crippen LogP contribution in [-0.2, 0) is 0 Å². The molecule has 0 amide bonds. The Balaban J connectivity index is 1.86. The van der Waals surface area contributed by atoms with Gasteiger partial charge in [-0.05, 0) is 44.0 Å². The van der Waals surface area contributed by atoms with Crippen molar-refractivity contribution < 1.29 is 0 Å². The van der Waals surface area contributed by atoms with Gasteiger partial charge in [0.05, 0.1) is 5.71 Å². The molecule has 2 rings (SSSR count). The Labute approximate surface area is 151 Å². The first-order chi connectivity index (χ1) is 11.7. The summed E-state index contributed by atoms with van der Waals surface area (Å²) >= 11 is 0. The number of hydrogen-bond acceptors (Lipinski definition) is 1. The summed E-state index contributed by atoms with van der Waals surface area (Å²) in [4.78, 5) is 4.72. The van der Waals surface area contributed by atoms with Gasteiger partial charge in [0, 0.05) is 5.92 Å². The molecule has 0 saturated heterocycles. The van der Waals surface area contributed by atoms with Gasteiger partial charge in [-0.1, -0.05) is 82.8 Å². The molecular weight excluding hydrogens is 308 g/mol. The van der Waals surface area contributed by atoms with Crippen LogP contribution < -0.4 is 0 Å². The van der Waals surface area contributed by atoms with Crippen LogP contribution in [0.1, 0.15) is 59.3 Å². The van der Waals surface area contributed by atoms with Gasteiger partial charge < -0.3 is 0 Å². The van der Waals surface area contributed by atoms with Crippen LogP contribution in [0.5, 0.6) is 0 Å². The van der Waals surface area contributed by atoms with Gasteiger partial charge in [0.1, 0.15) is 7.28 Å². The van der Waals surface area contributed by atoms with Crippen molar-refractivity contribution in [3.63, 3.8) is 0 Å². The third-order valence-electron chi connectivity index (χ3n) is 4.83. The molecule has 132 valence electrons. The summed E-state index contributed by atoms with van der Waals surface area (Å²) in [6.07, 6.45) is 19.0. The van der Waals surface area contributed by atoms with Gasteiger partial charge in [-0.2, -0.15) is 0 Å². The van der Waals surface area contributed by atoms with Gasteiger partial charge in [-0.25, -0.2) is 0 Å². The van der Waals surface area contributed by atoms with Gasteiger partial charge >= 0.3 is 0 Å². The average molecular weight is 343 g/mol. The van der Waals surface area contributed by atoms with E-state index in [4.69, 9.17) is 4.99 Å². The maximum atomic E-state index is 4.72. The summed E-state index contributed by atoms with van der Waals surface area (Å²) in [5.74, 6) is 5.77. The standard InChI is InChI=1S/C21H35BNP/c1-4-6-18(3)14-21-11-13-24(17-23-21)16-20(7-5-2)10-12-22-15-19-8-9-19/h10-11,13-14,17,19,22,24H,4-9,12,15-16H2,1-3H3/b18-14+,20-10+. The van der Waals surface area contributed by atoms with E-state index in [1.807, 2.05) is 0 Å². The van der Waals surface area contributed by atoms with Crippen molar-refractivity contribution >= 4 is 26.5 Å². The Hall–Kier alpha value is -0.745. The first kappa shape index (κ1) is 19.6. The molecule has 0 aromatic heterocycles. The van der Waals surface area contributed by atoms with E-state index in [0.717, 1.165) is 11.6 Å². The van der Waals surface area contributed by atoms with Crippen LogP contribution >= 0.6 is 7.55 Å². The van der Waals surface area contributed by atoms with Crippen molar-refractivity contribution in [2.45, 2.75) is 71.9 Å². The van der Waals surface area contributed by atoms with Crippen molar-refractivity contribution in [3.05, 3.63) is 35.2 Å². The van der Waals surface area contributed by atoms with E-state index in [-0.39, 0.29) is 0 Å². The zero-order valence-corrected chi connectivity index (χ0v) is 17.0. The summed E-state index contributed by atoms with van der Waals surface area (Å²) < 4.78 is 0. The largest absolute Gasteiger partial charge is 0.257 e. The maximum Gasteiger partial charge on any atom is 0.125 e. The van der Waals surface area contributed by atoms with E-state index in [1.54, 1.807) is 5.57 Å². The Morgan fingerprint density at radius 2 is 2.08 bits per heavy atom. The van der Waals surface area contributed by atoms with Crippen LogP contribution in [0.4, 0.5) is 0 Å².